The fourth-order valence-corrected chi connectivity index (χ4v) is 3.16. The van der Waals surface area contributed by atoms with E-state index in [-0.39, 0.29) is 36.1 Å². The summed E-state index contributed by atoms with van der Waals surface area (Å²) >= 11 is 0. The summed E-state index contributed by atoms with van der Waals surface area (Å²) in [6.45, 7) is 0.224. The third kappa shape index (κ3) is 3.76. The third-order valence-electron chi connectivity index (χ3n) is 3.13. The predicted molar refractivity (Wildman–Crippen MR) is 74.0 cm³/mol. The average Bonchev–Trinajstić information content (AvgIpc) is 2.76. The normalized spacial score (nSPS) is 18.9. The number of pyridine rings is 1. The minimum atomic E-state index is -3.63. The minimum absolute atomic E-state index is 0.0961. The molecule has 1 fully saturated rings. The van der Waals surface area contributed by atoms with Gasteiger partial charge in [-0.2, -0.15) is 0 Å². The summed E-state index contributed by atoms with van der Waals surface area (Å²) in [6, 6.07) is 1.48. The molecule has 21 heavy (non-hydrogen) atoms. The topological polar surface area (TPSA) is 120 Å². The molecule has 1 aliphatic rings. The third-order valence-corrected chi connectivity index (χ3v) is 4.07. The maximum atomic E-state index is 12.0. The quantitative estimate of drug-likeness (QED) is 0.749. The van der Waals surface area contributed by atoms with Crippen molar-refractivity contribution in [3.05, 3.63) is 24.0 Å². The summed E-state index contributed by atoms with van der Waals surface area (Å²) in [5, 5.41) is 5.00. The number of rotatable bonds is 4. The van der Waals surface area contributed by atoms with E-state index < -0.39 is 16.0 Å². The molecule has 114 valence electrons. The molecule has 1 aromatic heterocycles. The zero-order valence-corrected chi connectivity index (χ0v) is 12.2. The zero-order valence-electron chi connectivity index (χ0n) is 11.4. The largest absolute Gasteiger partial charge is 0.465 e. The van der Waals surface area contributed by atoms with Crippen LogP contribution in [0.15, 0.2) is 18.5 Å². The molecule has 0 spiro atoms. The van der Waals surface area contributed by atoms with E-state index in [0.29, 0.717) is 5.69 Å². The SMILES string of the molecule is COC(=O)c1cncc(N2CC(CS(N)(=O)=O)CC2=O)c1. The summed E-state index contributed by atoms with van der Waals surface area (Å²) in [7, 11) is -2.38. The van der Waals surface area contributed by atoms with Gasteiger partial charge in [0.1, 0.15) is 0 Å². The Morgan fingerprint density at radius 2 is 2.24 bits per heavy atom. The van der Waals surface area contributed by atoms with Crippen molar-refractivity contribution in [2.75, 3.05) is 24.3 Å². The number of hydrogen-bond donors (Lipinski definition) is 1. The first kappa shape index (κ1) is 15.4. The van der Waals surface area contributed by atoms with Gasteiger partial charge in [-0.3, -0.25) is 9.78 Å². The second-order valence-corrected chi connectivity index (χ2v) is 6.49. The molecule has 0 aliphatic carbocycles. The van der Waals surface area contributed by atoms with Crippen LogP contribution in [-0.4, -0.2) is 44.7 Å². The first-order valence-corrected chi connectivity index (χ1v) is 7.86. The van der Waals surface area contributed by atoms with E-state index in [9.17, 15) is 18.0 Å². The lowest BCUT2D eigenvalue weighted by Gasteiger charge is -2.16. The average molecular weight is 313 g/mol. The number of amides is 1. The van der Waals surface area contributed by atoms with Crippen LogP contribution in [0.1, 0.15) is 16.8 Å². The fraction of sp³-hybridized carbons (Fsp3) is 0.417. The molecule has 1 atom stereocenters. The van der Waals surface area contributed by atoms with Gasteiger partial charge in [0.05, 0.1) is 30.3 Å². The standard InChI is InChI=1S/C12H15N3O5S/c1-20-12(17)9-3-10(5-14-4-9)15-6-8(2-11(15)16)7-21(13,18)19/h3-5,8H,2,6-7H2,1H3,(H2,13,18,19). The van der Waals surface area contributed by atoms with E-state index in [1.165, 1.54) is 30.5 Å². The van der Waals surface area contributed by atoms with Crippen molar-refractivity contribution in [2.24, 2.45) is 11.1 Å². The molecule has 0 radical (unpaired) electrons. The molecule has 0 bridgehead atoms. The van der Waals surface area contributed by atoms with Crippen LogP contribution in [0.5, 0.6) is 0 Å². The number of methoxy groups -OCH3 is 1. The van der Waals surface area contributed by atoms with Crippen LogP contribution in [-0.2, 0) is 19.6 Å². The minimum Gasteiger partial charge on any atom is -0.465 e. The maximum Gasteiger partial charge on any atom is 0.339 e. The Kier molecular flexibility index (Phi) is 4.24. The highest BCUT2D eigenvalue weighted by molar-refractivity contribution is 7.89. The van der Waals surface area contributed by atoms with Gasteiger partial charge in [0, 0.05) is 25.1 Å². The Bertz CT molecular complexity index is 673. The second-order valence-electron chi connectivity index (χ2n) is 4.83. The summed E-state index contributed by atoms with van der Waals surface area (Å²) in [5.74, 6) is -1.40. The molecule has 0 aromatic carbocycles. The molecule has 2 rings (SSSR count). The lowest BCUT2D eigenvalue weighted by Crippen LogP contribution is -2.27. The molecule has 1 amide bonds. The number of nitrogens with zero attached hydrogens (tertiary/aromatic N) is 2. The molecule has 1 aliphatic heterocycles. The Balaban J connectivity index is 2.19. The number of carbonyl (C=O) groups is 2. The monoisotopic (exact) mass is 313 g/mol. The first-order chi connectivity index (χ1) is 9.80. The van der Waals surface area contributed by atoms with Gasteiger partial charge in [0.15, 0.2) is 0 Å². The van der Waals surface area contributed by atoms with Crippen molar-refractivity contribution in [3.8, 4) is 0 Å². The van der Waals surface area contributed by atoms with E-state index in [2.05, 4.69) is 9.72 Å². The molecule has 1 saturated heterocycles. The molecular formula is C12H15N3O5S. The van der Waals surface area contributed by atoms with Crippen molar-refractivity contribution in [3.63, 3.8) is 0 Å². The number of aromatic nitrogens is 1. The molecule has 1 aromatic rings. The van der Waals surface area contributed by atoms with Crippen LogP contribution in [0.25, 0.3) is 0 Å². The summed E-state index contributed by atoms with van der Waals surface area (Å²) in [5.41, 5.74) is 0.650. The van der Waals surface area contributed by atoms with E-state index in [1.54, 1.807) is 0 Å². The predicted octanol–water partition coefficient (Wildman–Crippen LogP) is -0.490. The summed E-state index contributed by atoms with van der Waals surface area (Å²) in [4.78, 5) is 28.7. The lowest BCUT2D eigenvalue weighted by atomic mass is 10.1. The highest BCUT2D eigenvalue weighted by Gasteiger charge is 2.33. The van der Waals surface area contributed by atoms with Crippen molar-refractivity contribution in [1.82, 2.24) is 4.98 Å². The van der Waals surface area contributed by atoms with Crippen molar-refractivity contribution < 1.29 is 22.7 Å². The Morgan fingerprint density at radius 3 is 2.86 bits per heavy atom. The molecule has 0 saturated carbocycles. The van der Waals surface area contributed by atoms with Gasteiger partial charge in [-0.25, -0.2) is 18.4 Å². The van der Waals surface area contributed by atoms with Crippen molar-refractivity contribution in [2.45, 2.75) is 6.42 Å². The Hall–Kier alpha value is -2.00. The number of ether oxygens (including phenoxy) is 1. The van der Waals surface area contributed by atoms with E-state index >= 15 is 0 Å². The van der Waals surface area contributed by atoms with E-state index in [1.807, 2.05) is 0 Å². The van der Waals surface area contributed by atoms with Crippen LogP contribution in [0, 0.1) is 5.92 Å². The van der Waals surface area contributed by atoms with Gasteiger partial charge in [-0.15, -0.1) is 0 Å². The van der Waals surface area contributed by atoms with Gasteiger partial charge >= 0.3 is 5.97 Å². The number of hydrogen-bond acceptors (Lipinski definition) is 6. The van der Waals surface area contributed by atoms with Crippen molar-refractivity contribution in [1.29, 1.82) is 0 Å². The van der Waals surface area contributed by atoms with Crippen LogP contribution in [0.4, 0.5) is 5.69 Å². The molecule has 9 heteroatoms. The zero-order chi connectivity index (χ0) is 15.6. The number of nitrogens with two attached hydrogens (primary N) is 1. The lowest BCUT2D eigenvalue weighted by molar-refractivity contribution is -0.117. The molecule has 8 nitrogen and oxygen atoms in total. The first-order valence-electron chi connectivity index (χ1n) is 6.14. The number of primary sulfonamides is 1. The molecule has 1 unspecified atom stereocenters. The highest BCUT2D eigenvalue weighted by Crippen LogP contribution is 2.25. The number of carbonyl (C=O) groups excluding carboxylic acids is 2. The Labute approximate surface area is 121 Å². The summed E-state index contributed by atoms with van der Waals surface area (Å²) < 4.78 is 26.8. The van der Waals surface area contributed by atoms with Crippen molar-refractivity contribution >= 4 is 27.6 Å². The van der Waals surface area contributed by atoms with Crippen LogP contribution < -0.4 is 10.0 Å². The molecule has 2 heterocycles. The fourth-order valence-electron chi connectivity index (χ4n) is 2.28. The van der Waals surface area contributed by atoms with Crippen LogP contribution in [0.2, 0.25) is 0 Å². The van der Waals surface area contributed by atoms with Gasteiger partial charge in [0.2, 0.25) is 15.9 Å². The number of sulfonamides is 1. The second kappa shape index (κ2) is 5.78. The van der Waals surface area contributed by atoms with Gasteiger partial charge in [0.25, 0.3) is 0 Å². The summed E-state index contributed by atoms with van der Waals surface area (Å²) in [6.07, 6.45) is 2.86. The molecular weight excluding hydrogens is 298 g/mol. The smallest absolute Gasteiger partial charge is 0.339 e. The number of anilines is 1. The van der Waals surface area contributed by atoms with Gasteiger partial charge in [-0.05, 0) is 6.07 Å². The maximum absolute atomic E-state index is 12.0. The van der Waals surface area contributed by atoms with E-state index in [4.69, 9.17) is 5.14 Å². The van der Waals surface area contributed by atoms with E-state index in [0.717, 1.165) is 0 Å². The van der Waals surface area contributed by atoms with Gasteiger partial charge < -0.3 is 9.64 Å². The van der Waals surface area contributed by atoms with Gasteiger partial charge in [-0.1, -0.05) is 0 Å². The number of esters is 1. The molecule has 2 N–H and O–H groups in total. The van der Waals surface area contributed by atoms with Crippen LogP contribution >= 0.6 is 0 Å². The highest BCUT2D eigenvalue weighted by atomic mass is 32.2. The van der Waals surface area contributed by atoms with Crippen LogP contribution in [0.3, 0.4) is 0 Å². The Morgan fingerprint density at radius 1 is 1.52 bits per heavy atom.